The number of nitrogens with one attached hydrogen (secondary N) is 1. The van der Waals surface area contributed by atoms with Crippen LogP contribution in [0.3, 0.4) is 0 Å². The molecule has 1 atom stereocenters. The van der Waals surface area contributed by atoms with Gasteiger partial charge in [0.15, 0.2) is 0 Å². The Morgan fingerprint density at radius 2 is 2.07 bits per heavy atom. The molecule has 1 rings (SSSR count). The lowest BCUT2D eigenvalue weighted by Gasteiger charge is -2.10. The summed E-state index contributed by atoms with van der Waals surface area (Å²) in [4.78, 5) is 0. The fourth-order valence-electron chi connectivity index (χ4n) is 1.43. The zero-order valence-corrected chi connectivity index (χ0v) is 10.7. The van der Waals surface area contributed by atoms with Gasteiger partial charge in [-0.2, -0.15) is 0 Å². The second-order valence-electron chi connectivity index (χ2n) is 4.85. The first-order valence-corrected chi connectivity index (χ1v) is 6.56. The van der Waals surface area contributed by atoms with Gasteiger partial charge in [-0.15, -0.1) is 11.6 Å². The third-order valence-corrected chi connectivity index (χ3v) is 3.25. The zero-order valence-electron chi connectivity index (χ0n) is 9.97. The van der Waals surface area contributed by atoms with E-state index in [4.69, 9.17) is 16.3 Å². The van der Waals surface area contributed by atoms with E-state index in [9.17, 15) is 0 Å². The molecule has 15 heavy (non-hydrogen) atoms. The average Bonchev–Trinajstić information content (AvgIpc) is 2.98. The molecule has 1 fully saturated rings. The molecule has 0 amide bonds. The Morgan fingerprint density at radius 1 is 1.33 bits per heavy atom. The van der Waals surface area contributed by atoms with Gasteiger partial charge in [-0.3, -0.25) is 0 Å². The van der Waals surface area contributed by atoms with Crippen LogP contribution in [0.4, 0.5) is 0 Å². The SMILES string of the molecule is CC(C)CCOCCNCC(Cl)C1CC1. The summed E-state index contributed by atoms with van der Waals surface area (Å²) in [5, 5.41) is 3.67. The molecule has 0 saturated heterocycles. The van der Waals surface area contributed by atoms with Crippen LogP contribution >= 0.6 is 11.6 Å². The topological polar surface area (TPSA) is 21.3 Å². The first-order chi connectivity index (χ1) is 7.20. The Bertz CT molecular complexity index is 160. The van der Waals surface area contributed by atoms with Gasteiger partial charge in [-0.1, -0.05) is 13.8 Å². The van der Waals surface area contributed by atoms with E-state index in [0.717, 1.165) is 44.6 Å². The highest BCUT2D eigenvalue weighted by atomic mass is 35.5. The molecule has 0 aromatic carbocycles. The van der Waals surface area contributed by atoms with Crippen molar-refractivity contribution in [2.24, 2.45) is 11.8 Å². The van der Waals surface area contributed by atoms with Crippen molar-refractivity contribution < 1.29 is 4.74 Å². The number of hydrogen-bond acceptors (Lipinski definition) is 2. The second-order valence-corrected chi connectivity index (χ2v) is 5.41. The van der Waals surface area contributed by atoms with E-state index in [1.54, 1.807) is 0 Å². The molecule has 0 aromatic heterocycles. The monoisotopic (exact) mass is 233 g/mol. The number of ether oxygens (including phenoxy) is 1. The fourth-order valence-corrected chi connectivity index (χ4v) is 1.79. The Morgan fingerprint density at radius 3 is 2.67 bits per heavy atom. The van der Waals surface area contributed by atoms with Crippen molar-refractivity contribution in [3.63, 3.8) is 0 Å². The molecule has 0 heterocycles. The molecule has 2 nitrogen and oxygen atoms in total. The molecule has 0 bridgehead atoms. The van der Waals surface area contributed by atoms with Crippen molar-refractivity contribution in [3.05, 3.63) is 0 Å². The molecule has 1 unspecified atom stereocenters. The highest BCUT2D eigenvalue weighted by Crippen LogP contribution is 2.35. The van der Waals surface area contributed by atoms with Gasteiger partial charge in [0.1, 0.15) is 0 Å². The predicted molar refractivity (Wildman–Crippen MR) is 65.5 cm³/mol. The van der Waals surface area contributed by atoms with Crippen LogP contribution < -0.4 is 5.32 Å². The molecule has 1 N–H and O–H groups in total. The molecular formula is C12H24ClNO. The zero-order chi connectivity index (χ0) is 11.1. The van der Waals surface area contributed by atoms with Crippen molar-refractivity contribution >= 4 is 11.6 Å². The van der Waals surface area contributed by atoms with Gasteiger partial charge >= 0.3 is 0 Å². The van der Waals surface area contributed by atoms with Crippen molar-refractivity contribution in [2.75, 3.05) is 26.3 Å². The normalized spacial score (nSPS) is 18.4. The highest BCUT2D eigenvalue weighted by molar-refractivity contribution is 6.21. The maximum absolute atomic E-state index is 6.16. The van der Waals surface area contributed by atoms with E-state index < -0.39 is 0 Å². The molecule has 0 aliphatic heterocycles. The van der Waals surface area contributed by atoms with Crippen molar-refractivity contribution in [2.45, 2.75) is 38.5 Å². The van der Waals surface area contributed by atoms with Gasteiger partial charge in [0.2, 0.25) is 0 Å². The molecule has 90 valence electrons. The lowest BCUT2D eigenvalue weighted by atomic mass is 10.1. The van der Waals surface area contributed by atoms with Crippen LogP contribution in [0.25, 0.3) is 0 Å². The third kappa shape index (κ3) is 7.15. The third-order valence-electron chi connectivity index (χ3n) is 2.74. The fraction of sp³-hybridized carbons (Fsp3) is 1.00. The second kappa shape index (κ2) is 7.48. The Hall–Kier alpha value is 0.210. The minimum atomic E-state index is 0.334. The summed E-state index contributed by atoms with van der Waals surface area (Å²) >= 11 is 6.16. The minimum Gasteiger partial charge on any atom is -0.380 e. The molecule has 0 radical (unpaired) electrons. The van der Waals surface area contributed by atoms with Crippen molar-refractivity contribution in [1.29, 1.82) is 0 Å². The molecule has 1 saturated carbocycles. The highest BCUT2D eigenvalue weighted by Gasteiger charge is 2.28. The number of hydrogen-bond donors (Lipinski definition) is 1. The van der Waals surface area contributed by atoms with Crippen LogP contribution in [-0.2, 0) is 4.74 Å². The summed E-state index contributed by atoms with van der Waals surface area (Å²) in [6.07, 6.45) is 3.79. The average molecular weight is 234 g/mol. The predicted octanol–water partition coefficient (Wildman–Crippen LogP) is 2.66. The van der Waals surface area contributed by atoms with Gasteiger partial charge in [0, 0.05) is 25.1 Å². The summed E-state index contributed by atoms with van der Waals surface area (Å²) < 4.78 is 5.50. The molecule has 0 aromatic rings. The standard InChI is InChI=1S/C12H24ClNO/c1-10(2)5-7-15-8-6-14-9-12(13)11-3-4-11/h10-12,14H,3-9H2,1-2H3. The molecular weight excluding hydrogens is 210 g/mol. The lowest BCUT2D eigenvalue weighted by molar-refractivity contribution is 0.125. The van der Waals surface area contributed by atoms with Crippen LogP contribution in [0.5, 0.6) is 0 Å². The summed E-state index contributed by atoms with van der Waals surface area (Å²) in [5.41, 5.74) is 0. The summed E-state index contributed by atoms with van der Waals surface area (Å²) in [6, 6.07) is 0. The smallest absolute Gasteiger partial charge is 0.0590 e. The molecule has 1 aliphatic carbocycles. The Kier molecular flexibility index (Phi) is 6.62. The lowest BCUT2D eigenvalue weighted by Crippen LogP contribution is -2.27. The van der Waals surface area contributed by atoms with Gasteiger partial charge in [-0.05, 0) is 31.1 Å². The Labute approximate surface area is 98.7 Å². The molecule has 3 heteroatoms. The molecule has 1 aliphatic rings. The van der Waals surface area contributed by atoms with Gasteiger partial charge in [0.05, 0.1) is 6.61 Å². The maximum Gasteiger partial charge on any atom is 0.0590 e. The van der Waals surface area contributed by atoms with Gasteiger partial charge in [0.25, 0.3) is 0 Å². The summed E-state index contributed by atoms with van der Waals surface area (Å²) in [7, 11) is 0. The van der Waals surface area contributed by atoms with Crippen LogP contribution in [0, 0.1) is 11.8 Å². The summed E-state index contributed by atoms with van der Waals surface area (Å²) in [5.74, 6) is 1.51. The number of alkyl halides is 1. The van der Waals surface area contributed by atoms with Crippen LogP contribution in [-0.4, -0.2) is 31.7 Å². The number of halogens is 1. The van der Waals surface area contributed by atoms with E-state index in [-0.39, 0.29) is 0 Å². The largest absolute Gasteiger partial charge is 0.380 e. The van der Waals surface area contributed by atoms with E-state index >= 15 is 0 Å². The molecule has 0 spiro atoms. The van der Waals surface area contributed by atoms with Crippen LogP contribution in [0.1, 0.15) is 33.1 Å². The van der Waals surface area contributed by atoms with E-state index in [0.29, 0.717) is 5.38 Å². The quantitative estimate of drug-likeness (QED) is 0.489. The Balaban J connectivity index is 1.76. The minimum absolute atomic E-state index is 0.334. The maximum atomic E-state index is 6.16. The van der Waals surface area contributed by atoms with E-state index in [2.05, 4.69) is 19.2 Å². The van der Waals surface area contributed by atoms with Gasteiger partial charge < -0.3 is 10.1 Å². The summed E-state index contributed by atoms with van der Waals surface area (Å²) in [6.45, 7) is 7.98. The number of rotatable bonds is 9. The van der Waals surface area contributed by atoms with Crippen LogP contribution in [0.15, 0.2) is 0 Å². The van der Waals surface area contributed by atoms with E-state index in [1.807, 2.05) is 0 Å². The first-order valence-electron chi connectivity index (χ1n) is 6.12. The van der Waals surface area contributed by atoms with Gasteiger partial charge in [-0.25, -0.2) is 0 Å². The van der Waals surface area contributed by atoms with E-state index in [1.165, 1.54) is 12.8 Å². The van der Waals surface area contributed by atoms with Crippen LogP contribution in [0.2, 0.25) is 0 Å². The first kappa shape index (κ1) is 13.3. The van der Waals surface area contributed by atoms with Crippen molar-refractivity contribution in [1.82, 2.24) is 5.32 Å². The van der Waals surface area contributed by atoms with Crippen molar-refractivity contribution in [3.8, 4) is 0 Å².